The summed E-state index contributed by atoms with van der Waals surface area (Å²) in [6.45, 7) is 5.46. The van der Waals surface area contributed by atoms with Crippen molar-refractivity contribution in [1.29, 1.82) is 0 Å². The molecular formula is C17H14F3N5O. The lowest BCUT2D eigenvalue weighted by molar-refractivity contribution is -0.142. The molecule has 0 radical (unpaired) electrons. The molecule has 6 nitrogen and oxygen atoms in total. The van der Waals surface area contributed by atoms with Crippen LogP contribution in [0.15, 0.2) is 43.0 Å². The molecule has 0 aliphatic heterocycles. The van der Waals surface area contributed by atoms with Gasteiger partial charge in [0.15, 0.2) is 5.69 Å². The van der Waals surface area contributed by atoms with Gasteiger partial charge in [-0.25, -0.2) is 4.98 Å². The second-order valence-electron chi connectivity index (χ2n) is 5.54. The van der Waals surface area contributed by atoms with Crippen LogP contribution in [-0.2, 0) is 6.18 Å². The molecule has 2 aromatic heterocycles. The molecule has 0 unspecified atom stereocenters. The third-order valence-corrected chi connectivity index (χ3v) is 3.56. The fourth-order valence-corrected chi connectivity index (χ4v) is 2.28. The highest BCUT2D eigenvalue weighted by Crippen LogP contribution is 2.31. The molecule has 1 N–H and O–H groups in total. The fourth-order valence-electron chi connectivity index (χ4n) is 2.28. The van der Waals surface area contributed by atoms with Gasteiger partial charge in [-0.3, -0.25) is 4.79 Å². The van der Waals surface area contributed by atoms with Gasteiger partial charge in [0.05, 0.1) is 5.69 Å². The highest BCUT2D eigenvalue weighted by Gasteiger charge is 2.36. The lowest BCUT2D eigenvalue weighted by Gasteiger charge is -2.10. The number of nitrogens with one attached hydrogen (secondary N) is 1. The molecule has 3 aromatic rings. The van der Waals surface area contributed by atoms with E-state index in [9.17, 15) is 18.0 Å². The number of hydrogen-bond donors (Lipinski definition) is 1. The summed E-state index contributed by atoms with van der Waals surface area (Å²) in [6, 6.07) is 7.77. The average molecular weight is 361 g/mol. The van der Waals surface area contributed by atoms with Crippen molar-refractivity contribution in [2.24, 2.45) is 0 Å². The lowest BCUT2D eigenvalue weighted by Crippen LogP contribution is -2.24. The van der Waals surface area contributed by atoms with Gasteiger partial charge in [0.1, 0.15) is 0 Å². The van der Waals surface area contributed by atoms with Crippen LogP contribution < -0.4 is 5.32 Å². The van der Waals surface area contributed by atoms with Crippen molar-refractivity contribution in [3.63, 3.8) is 0 Å². The van der Waals surface area contributed by atoms with E-state index in [1.165, 1.54) is 6.08 Å². The number of carbonyl (C=O) groups is 1. The third kappa shape index (κ3) is 3.41. The summed E-state index contributed by atoms with van der Waals surface area (Å²) in [5.74, 6) is -1.41. The molecule has 0 bridgehead atoms. The van der Waals surface area contributed by atoms with Crippen molar-refractivity contribution in [3.05, 3.63) is 60.1 Å². The molecule has 9 heteroatoms. The van der Waals surface area contributed by atoms with Crippen molar-refractivity contribution in [2.45, 2.75) is 13.1 Å². The minimum Gasteiger partial charge on any atom is -0.346 e. The van der Waals surface area contributed by atoms with E-state index >= 15 is 0 Å². The number of alkyl halides is 3. The molecule has 26 heavy (non-hydrogen) atoms. The van der Waals surface area contributed by atoms with Crippen molar-refractivity contribution in [2.75, 3.05) is 6.54 Å². The Morgan fingerprint density at radius 2 is 1.96 bits per heavy atom. The van der Waals surface area contributed by atoms with Gasteiger partial charge in [0, 0.05) is 12.1 Å². The molecule has 134 valence electrons. The van der Waals surface area contributed by atoms with Crippen LogP contribution >= 0.6 is 0 Å². The highest BCUT2D eigenvalue weighted by atomic mass is 19.4. The Labute approximate surface area is 146 Å². The first kappa shape index (κ1) is 17.6. The minimum atomic E-state index is -4.69. The summed E-state index contributed by atoms with van der Waals surface area (Å²) in [4.78, 5) is 19.9. The van der Waals surface area contributed by atoms with Gasteiger partial charge in [-0.15, -0.1) is 11.7 Å². The minimum absolute atomic E-state index is 0.0928. The van der Waals surface area contributed by atoms with Crippen LogP contribution in [0.1, 0.15) is 21.9 Å². The van der Waals surface area contributed by atoms with E-state index in [0.29, 0.717) is 10.1 Å². The predicted molar refractivity (Wildman–Crippen MR) is 88.5 cm³/mol. The summed E-state index contributed by atoms with van der Waals surface area (Å²) in [6.07, 6.45) is -3.26. The Balaban J connectivity index is 2.16. The summed E-state index contributed by atoms with van der Waals surface area (Å²) in [7, 11) is 0. The average Bonchev–Trinajstić information content (AvgIpc) is 3.02. The maximum absolute atomic E-state index is 13.5. The van der Waals surface area contributed by atoms with Gasteiger partial charge in [0.25, 0.3) is 11.7 Å². The number of halogens is 3. The highest BCUT2D eigenvalue weighted by molar-refractivity contribution is 5.90. The van der Waals surface area contributed by atoms with E-state index in [1.807, 2.05) is 6.92 Å². The van der Waals surface area contributed by atoms with Crippen LogP contribution in [0.2, 0.25) is 0 Å². The molecule has 0 spiro atoms. The normalized spacial score (nSPS) is 11.5. The Kier molecular flexibility index (Phi) is 4.45. The van der Waals surface area contributed by atoms with Crippen LogP contribution in [0.5, 0.6) is 0 Å². The van der Waals surface area contributed by atoms with Crippen LogP contribution in [-0.4, -0.2) is 32.0 Å². The second kappa shape index (κ2) is 6.58. The number of amides is 1. The quantitative estimate of drug-likeness (QED) is 0.725. The van der Waals surface area contributed by atoms with E-state index < -0.39 is 23.6 Å². The Morgan fingerprint density at radius 1 is 1.27 bits per heavy atom. The SMILES string of the molecule is C=CCNC(=O)c1nc2nc(-c3ccc(C)cc3)cc(C(F)(F)F)n2n1. The number of fused-ring (bicyclic) bond motifs is 1. The van der Waals surface area contributed by atoms with E-state index in [2.05, 4.69) is 27.0 Å². The molecule has 1 aromatic carbocycles. The topological polar surface area (TPSA) is 72.2 Å². The van der Waals surface area contributed by atoms with E-state index in [1.54, 1.807) is 24.3 Å². The van der Waals surface area contributed by atoms with Gasteiger partial charge < -0.3 is 5.32 Å². The molecule has 1 amide bonds. The van der Waals surface area contributed by atoms with Gasteiger partial charge in [-0.1, -0.05) is 35.9 Å². The summed E-state index contributed by atoms with van der Waals surface area (Å²) in [5, 5.41) is 6.07. The number of aromatic nitrogens is 4. The van der Waals surface area contributed by atoms with Crippen LogP contribution in [0.25, 0.3) is 17.0 Å². The first-order valence-corrected chi connectivity index (χ1v) is 7.61. The Morgan fingerprint density at radius 3 is 2.58 bits per heavy atom. The smallest absolute Gasteiger partial charge is 0.346 e. The number of rotatable bonds is 4. The zero-order valence-corrected chi connectivity index (χ0v) is 13.7. The largest absolute Gasteiger partial charge is 0.433 e. The maximum Gasteiger partial charge on any atom is 0.433 e. The summed E-state index contributed by atoms with van der Waals surface area (Å²) < 4.78 is 40.9. The third-order valence-electron chi connectivity index (χ3n) is 3.56. The molecule has 3 rings (SSSR count). The van der Waals surface area contributed by atoms with E-state index in [0.717, 1.165) is 11.6 Å². The van der Waals surface area contributed by atoms with Crippen molar-refractivity contribution < 1.29 is 18.0 Å². The number of nitrogens with zero attached hydrogens (tertiary/aromatic N) is 4. The number of benzene rings is 1. The van der Waals surface area contributed by atoms with Gasteiger partial charge >= 0.3 is 6.18 Å². The molecule has 2 heterocycles. The molecule has 0 saturated carbocycles. The van der Waals surface area contributed by atoms with E-state index in [4.69, 9.17) is 0 Å². The molecular weight excluding hydrogens is 347 g/mol. The zero-order valence-electron chi connectivity index (χ0n) is 13.7. The molecule has 0 aliphatic carbocycles. The first-order chi connectivity index (χ1) is 12.3. The van der Waals surface area contributed by atoms with Crippen LogP contribution in [0, 0.1) is 6.92 Å². The monoisotopic (exact) mass is 361 g/mol. The van der Waals surface area contributed by atoms with Crippen LogP contribution in [0.4, 0.5) is 13.2 Å². The Hall–Kier alpha value is -3.23. The summed E-state index contributed by atoms with van der Waals surface area (Å²) in [5.41, 5.74) is 0.502. The molecule has 0 fully saturated rings. The van der Waals surface area contributed by atoms with Crippen LogP contribution in [0.3, 0.4) is 0 Å². The second-order valence-corrected chi connectivity index (χ2v) is 5.54. The standard InChI is InChI=1S/C17H14F3N5O/c1-3-8-21-15(26)14-23-16-22-12(11-6-4-10(2)5-7-11)9-13(17(18,19)20)25(16)24-14/h3-7,9H,1,8H2,2H3,(H,21,26). The molecule has 0 atom stereocenters. The zero-order chi connectivity index (χ0) is 18.9. The van der Waals surface area contributed by atoms with Crippen molar-refractivity contribution in [3.8, 4) is 11.3 Å². The molecule has 0 aliphatic rings. The predicted octanol–water partition coefficient (Wildman–Crippen LogP) is 3.03. The summed E-state index contributed by atoms with van der Waals surface area (Å²) >= 11 is 0. The molecule has 0 saturated heterocycles. The number of aryl methyl sites for hydroxylation is 1. The van der Waals surface area contributed by atoms with Crippen molar-refractivity contribution >= 4 is 11.7 Å². The number of carbonyl (C=O) groups excluding carboxylic acids is 1. The van der Waals surface area contributed by atoms with E-state index in [-0.39, 0.29) is 18.0 Å². The maximum atomic E-state index is 13.5. The first-order valence-electron chi connectivity index (χ1n) is 7.61. The van der Waals surface area contributed by atoms with Crippen molar-refractivity contribution in [1.82, 2.24) is 24.9 Å². The fraction of sp³-hybridized carbons (Fsp3) is 0.176. The van der Waals surface area contributed by atoms with Gasteiger partial charge in [-0.2, -0.15) is 22.7 Å². The lowest BCUT2D eigenvalue weighted by atomic mass is 10.1. The number of hydrogen-bond acceptors (Lipinski definition) is 4. The van der Waals surface area contributed by atoms with Gasteiger partial charge in [-0.05, 0) is 13.0 Å². The van der Waals surface area contributed by atoms with Gasteiger partial charge in [0.2, 0.25) is 5.82 Å². The Bertz CT molecular complexity index is 976.